The highest BCUT2D eigenvalue weighted by molar-refractivity contribution is 5.85. The number of benzene rings is 1. The molecule has 0 bridgehead atoms. The lowest BCUT2D eigenvalue weighted by Crippen LogP contribution is -2.06. The van der Waals surface area contributed by atoms with Gasteiger partial charge in [0.1, 0.15) is 17.1 Å². The number of fused-ring (bicyclic) bond motifs is 1. The highest BCUT2D eigenvalue weighted by Gasteiger charge is 2.12. The summed E-state index contributed by atoms with van der Waals surface area (Å²) in [6.45, 7) is 1.79. The van der Waals surface area contributed by atoms with E-state index in [1.165, 1.54) is 7.11 Å². The van der Waals surface area contributed by atoms with Gasteiger partial charge in [-0.3, -0.25) is 0 Å². The SMILES string of the molecule is CCc1c(O)c2ccc(OC)cc2oc1=O. The van der Waals surface area contributed by atoms with Crippen molar-refractivity contribution in [2.24, 2.45) is 0 Å². The van der Waals surface area contributed by atoms with Crippen LogP contribution in [0.1, 0.15) is 12.5 Å². The molecule has 2 rings (SSSR count). The minimum absolute atomic E-state index is 0.00333. The van der Waals surface area contributed by atoms with Crippen LogP contribution in [-0.4, -0.2) is 12.2 Å². The fourth-order valence-corrected chi connectivity index (χ4v) is 1.64. The van der Waals surface area contributed by atoms with Gasteiger partial charge >= 0.3 is 5.63 Å². The van der Waals surface area contributed by atoms with Gasteiger partial charge in [-0.25, -0.2) is 4.79 Å². The van der Waals surface area contributed by atoms with Crippen molar-refractivity contribution in [3.63, 3.8) is 0 Å². The van der Waals surface area contributed by atoms with Crippen molar-refractivity contribution in [1.29, 1.82) is 0 Å². The molecule has 0 fully saturated rings. The van der Waals surface area contributed by atoms with Crippen LogP contribution in [0.3, 0.4) is 0 Å². The highest BCUT2D eigenvalue weighted by Crippen LogP contribution is 2.29. The summed E-state index contributed by atoms with van der Waals surface area (Å²) in [5.41, 5.74) is 0.137. The lowest BCUT2D eigenvalue weighted by molar-refractivity contribution is 0.413. The molecular weight excluding hydrogens is 208 g/mol. The summed E-state index contributed by atoms with van der Waals surface area (Å²) < 4.78 is 10.1. The summed E-state index contributed by atoms with van der Waals surface area (Å²) in [6, 6.07) is 4.96. The fourth-order valence-electron chi connectivity index (χ4n) is 1.64. The standard InChI is InChI=1S/C12H12O4/c1-3-8-11(13)9-5-4-7(15-2)6-10(9)16-12(8)14/h4-6,13H,3H2,1-2H3. The molecule has 4 nitrogen and oxygen atoms in total. The van der Waals surface area contributed by atoms with E-state index in [4.69, 9.17) is 9.15 Å². The van der Waals surface area contributed by atoms with E-state index < -0.39 is 5.63 Å². The predicted molar refractivity (Wildman–Crippen MR) is 60.1 cm³/mol. The molecule has 0 saturated carbocycles. The molecule has 4 heteroatoms. The van der Waals surface area contributed by atoms with Crippen molar-refractivity contribution in [2.75, 3.05) is 7.11 Å². The maximum Gasteiger partial charge on any atom is 0.343 e. The summed E-state index contributed by atoms with van der Waals surface area (Å²) in [6.07, 6.45) is 0.441. The minimum atomic E-state index is -0.499. The number of ether oxygens (including phenoxy) is 1. The first-order chi connectivity index (χ1) is 7.67. The van der Waals surface area contributed by atoms with E-state index in [-0.39, 0.29) is 5.75 Å². The summed E-state index contributed by atoms with van der Waals surface area (Å²) in [5, 5.41) is 10.4. The smallest absolute Gasteiger partial charge is 0.343 e. The lowest BCUT2D eigenvalue weighted by Gasteiger charge is -2.05. The third kappa shape index (κ3) is 1.52. The Morgan fingerprint density at radius 3 is 2.81 bits per heavy atom. The van der Waals surface area contributed by atoms with Gasteiger partial charge in [0.05, 0.1) is 18.1 Å². The van der Waals surface area contributed by atoms with Crippen LogP contribution in [0.15, 0.2) is 27.4 Å². The maximum absolute atomic E-state index is 11.5. The van der Waals surface area contributed by atoms with E-state index in [1.54, 1.807) is 25.1 Å². The minimum Gasteiger partial charge on any atom is -0.507 e. The van der Waals surface area contributed by atoms with E-state index in [0.717, 1.165) is 0 Å². The number of aromatic hydroxyl groups is 1. The molecular formula is C12H12O4. The third-order valence-electron chi connectivity index (χ3n) is 2.53. The Bertz CT molecular complexity index is 583. The summed E-state index contributed by atoms with van der Waals surface area (Å²) in [5.74, 6) is 0.579. The normalized spacial score (nSPS) is 10.6. The van der Waals surface area contributed by atoms with Gasteiger partial charge < -0.3 is 14.3 Å². The van der Waals surface area contributed by atoms with Gasteiger partial charge in [0.15, 0.2) is 0 Å². The first-order valence-corrected chi connectivity index (χ1v) is 5.00. The molecule has 0 radical (unpaired) electrons. The summed E-state index contributed by atoms with van der Waals surface area (Å²) >= 11 is 0. The van der Waals surface area contributed by atoms with Crippen molar-refractivity contribution in [3.8, 4) is 11.5 Å². The number of methoxy groups -OCH3 is 1. The second kappa shape index (κ2) is 3.89. The van der Waals surface area contributed by atoms with Crippen molar-refractivity contribution < 1.29 is 14.3 Å². The molecule has 84 valence electrons. The molecule has 0 aliphatic heterocycles. The van der Waals surface area contributed by atoms with Gasteiger partial charge in [0.2, 0.25) is 0 Å². The van der Waals surface area contributed by atoms with Gasteiger partial charge in [-0.05, 0) is 18.6 Å². The first kappa shape index (κ1) is 10.5. The Kier molecular flexibility index (Phi) is 2.56. The zero-order valence-electron chi connectivity index (χ0n) is 9.11. The van der Waals surface area contributed by atoms with Crippen molar-refractivity contribution in [3.05, 3.63) is 34.2 Å². The largest absolute Gasteiger partial charge is 0.507 e. The van der Waals surface area contributed by atoms with Crippen LogP contribution >= 0.6 is 0 Å². The van der Waals surface area contributed by atoms with Crippen LogP contribution in [0.25, 0.3) is 11.0 Å². The molecule has 16 heavy (non-hydrogen) atoms. The van der Waals surface area contributed by atoms with Crippen molar-refractivity contribution >= 4 is 11.0 Å². The topological polar surface area (TPSA) is 59.7 Å². The monoisotopic (exact) mass is 220 g/mol. The van der Waals surface area contributed by atoms with E-state index in [1.807, 2.05) is 0 Å². The number of rotatable bonds is 2. The third-order valence-corrected chi connectivity index (χ3v) is 2.53. The van der Waals surface area contributed by atoms with Gasteiger partial charge in [-0.2, -0.15) is 0 Å². The molecule has 0 saturated heterocycles. The molecule has 1 heterocycles. The summed E-state index contributed by atoms with van der Waals surface area (Å²) in [7, 11) is 1.53. The molecule has 2 aromatic rings. The molecule has 1 aromatic heterocycles. The molecule has 0 unspecified atom stereocenters. The zero-order chi connectivity index (χ0) is 11.7. The fraction of sp³-hybridized carbons (Fsp3) is 0.250. The van der Waals surface area contributed by atoms with Crippen LogP contribution in [0.4, 0.5) is 0 Å². The molecule has 0 aliphatic rings. The predicted octanol–water partition coefficient (Wildman–Crippen LogP) is 2.07. The van der Waals surface area contributed by atoms with Gasteiger partial charge in [-0.1, -0.05) is 6.92 Å². The summed E-state index contributed by atoms with van der Waals surface area (Å²) in [4.78, 5) is 11.5. The Hall–Kier alpha value is -1.97. The van der Waals surface area contributed by atoms with Crippen LogP contribution in [0.2, 0.25) is 0 Å². The van der Waals surface area contributed by atoms with Gasteiger partial charge in [0, 0.05) is 6.07 Å². The average molecular weight is 220 g/mol. The molecule has 1 N–H and O–H groups in total. The van der Waals surface area contributed by atoms with Crippen LogP contribution < -0.4 is 10.4 Å². The Morgan fingerprint density at radius 2 is 2.19 bits per heavy atom. The zero-order valence-corrected chi connectivity index (χ0v) is 9.11. The quantitative estimate of drug-likeness (QED) is 0.787. The highest BCUT2D eigenvalue weighted by atomic mass is 16.5. The second-order valence-electron chi connectivity index (χ2n) is 3.43. The van der Waals surface area contributed by atoms with Gasteiger partial charge in [-0.15, -0.1) is 0 Å². The molecule has 1 aromatic carbocycles. The lowest BCUT2D eigenvalue weighted by atomic mass is 10.1. The van der Waals surface area contributed by atoms with Crippen LogP contribution in [0.5, 0.6) is 11.5 Å². The first-order valence-electron chi connectivity index (χ1n) is 5.00. The van der Waals surface area contributed by atoms with Crippen LogP contribution in [0, 0.1) is 0 Å². The van der Waals surface area contributed by atoms with E-state index >= 15 is 0 Å². The second-order valence-corrected chi connectivity index (χ2v) is 3.43. The van der Waals surface area contributed by atoms with E-state index in [9.17, 15) is 9.90 Å². The Morgan fingerprint density at radius 1 is 1.44 bits per heavy atom. The Labute approximate surface area is 92.1 Å². The molecule has 0 atom stereocenters. The average Bonchev–Trinajstić information content (AvgIpc) is 2.28. The number of hydrogen-bond donors (Lipinski definition) is 1. The van der Waals surface area contributed by atoms with E-state index in [2.05, 4.69) is 0 Å². The number of hydrogen-bond acceptors (Lipinski definition) is 4. The molecule has 0 amide bonds. The molecule has 0 spiro atoms. The van der Waals surface area contributed by atoms with Gasteiger partial charge in [0.25, 0.3) is 0 Å². The van der Waals surface area contributed by atoms with E-state index in [0.29, 0.717) is 28.7 Å². The van der Waals surface area contributed by atoms with Crippen molar-refractivity contribution in [2.45, 2.75) is 13.3 Å². The maximum atomic E-state index is 11.5. The molecule has 0 aliphatic carbocycles. The Balaban J connectivity index is 2.81. The van der Waals surface area contributed by atoms with Crippen molar-refractivity contribution in [1.82, 2.24) is 0 Å². The van der Waals surface area contributed by atoms with Crippen LogP contribution in [-0.2, 0) is 6.42 Å².